The number of pyridine rings is 1. The molecule has 0 aliphatic rings. The van der Waals surface area contributed by atoms with Gasteiger partial charge in [-0.3, -0.25) is 19.7 Å². The Kier molecular flexibility index (Phi) is 7.95. The minimum atomic E-state index is -0.547. The quantitative estimate of drug-likeness (QED) is 0.268. The van der Waals surface area contributed by atoms with E-state index in [9.17, 15) is 19.7 Å². The summed E-state index contributed by atoms with van der Waals surface area (Å²) in [5.41, 5.74) is 0.879. The molecule has 0 aliphatic carbocycles. The Bertz CT molecular complexity index is 1210. The van der Waals surface area contributed by atoms with E-state index in [2.05, 4.69) is 25.8 Å². The summed E-state index contributed by atoms with van der Waals surface area (Å²) in [6, 6.07) is 8.69. The summed E-state index contributed by atoms with van der Waals surface area (Å²) in [6.07, 6.45) is 1.61. The van der Waals surface area contributed by atoms with Gasteiger partial charge in [-0.05, 0) is 30.5 Å². The van der Waals surface area contributed by atoms with Crippen LogP contribution in [0.5, 0.6) is 0 Å². The molecule has 2 amide bonds. The molecule has 3 aromatic rings. The molecular formula is C22H25N7O4S. The number of nitrogens with one attached hydrogen (secondary N) is 2. The van der Waals surface area contributed by atoms with Crippen LogP contribution >= 0.6 is 11.8 Å². The Morgan fingerprint density at radius 3 is 2.65 bits per heavy atom. The second-order valence-corrected chi connectivity index (χ2v) is 8.85. The number of hydrogen-bond acceptors (Lipinski definition) is 8. The fourth-order valence-corrected chi connectivity index (χ4v) is 3.87. The number of amides is 2. The van der Waals surface area contributed by atoms with Crippen molar-refractivity contribution in [1.29, 1.82) is 0 Å². The van der Waals surface area contributed by atoms with Crippen LogP contribution in [-0.4, -0.2) is 42.2 Å². The SMILES string of the molecule is Cc1cccnc1NC(=O)CSc1nnc([C@@H](NC(=O)c2cccc([N+](=O)[O-])c2)C(C)C)n1C. The minimum Gasteiger partial charge on any atom is -0.342 e. The van der Waals surface area contributed by atoms with Crippen LogP contribution in [0.4, 0.5) is 11.5 Å². The molecule has 178 valence electrons. The highest BCUT2D eigenvalue weighted by Gasteiger charge is 2.26. The van der Waals surface area contributed by atoms with Crippen LogP contribution in [0, 0.1) is 23.0 Å². The van der Waals surface area contributed by atoms with Crippen LogP contribution < -0.4 is 10.6 Å². The first-order valence-electron chi connectivity index (χ1n) is 10.5. The van der Waals surface area contributed by atoms with E-state index in [1.54, 1.807) is 23.9 Å². The van der Waals surface area contributed by atoms with E-state index in [-0.39, 0.29) is 28.8 Å². The van der Waals surface area contributed by atoms with E-state index >= 15 is 0 Å². The van der Waals surface area contributed by atoms with Gasteiger partial charge in [0, 0.05) is 30.9 Å². The zero-order chi connectivity index (χ0) is 24.8. The number of carbonyl (C=O) groups excluding carboxylic acids is 2. The number of nitro benzene ring substituents is 1. The molecule has 1 atom stereocenters. The Hall–Kier alpha value is -3.80. The van der Waals surface area contributed by atoms with E-state index in [4.69, 9.17) is 0 Å². The maximum atomic E-state index is 12.8. The fourth-order valence-electron chi connectivity index (χ4n) is 3.15. The van der Waals surface area contributed by atoms with Crippen LogP contribution in [0.25, 0.3) is 0 Å². The van der Waals surface area contributed by atoms with Crippen molar-refractivity contribution in [3.05, 3.63) is 69.7 Å². The zero-order valence-corrected chi connectivity index (χ0v) is 20.0. The van der Waals surface area contributed by atoms with Crippen molar-refractivity contribution in [1.82, 2.24) is 25.1 Å². The molecule has 2 heterocycles. The predicted molar refractivity (Wildman–Crippen MR) is 127 cm³/mol. The first kappa shape index (κ1) is 24.8. The van der Waals surface area contributed by atoms with Crippen LogP contribution in [0.3, 0.4) is 0 Å². The number of aromatic nitrogens is 4. The second kappa shape index (κ2) is 10.9. The molecule has 0 radical (unpaired) electrons. The average molecular weight is 484 g/mol. The van der Waals surface area contributed by atoms with Gasteiger partial charge in [-0.25, -0.2) is 4.98 Å². The Balaban J connectivity index is 1.69. The minimum absolute atomic E-state index is 0.0428. The lowest BCUT2D eigenvalue weighted by Crippen LogP contribution is -2.33. The first-order chi connectivity index (χ1) is 16.2. The highest BCUT2D eigenvalue weighted by atomic mass is 32.2. The van der Waals surface area contributed by atoms with Crippen LogP contribution in [0.2, 0.25) is 0 Å². The van der Waals surface area contributed by atoms with E-state index in [1.807, 2.05) is 26.8 Å². The van der Waals surface area contributed by atoms with Crippen LogP contribution in [-0.2, 0) is 11.8 Å². The molecule has 3 rings (SSSR count). The summed E-state index contributed by atoms with van der Waals surface area (Å²) < 4.78 is 1.72. The van der Waals surface area contributed by atoms with Gasteiger partial charge in [-0.15, -0.1) is 10.2 Å². The van der Waals surface area contributed by atoms with Crippen molar-refractivity contribution in [3.63, 3.8) is 0 Å². The van der Waals surface area contributed by atoms with Crippen molar-refractivity contribution in [3.8, 4) is 0 Å². The van der Waals surface area contributed by atoms with Gasteiger partial charge in [0.1, 0.15) is 5.82 Å². The standard InChI is InChI=1S/C22H25N7O4S/c1-13(2)18(25-21(31)15-8-5-9-16(11-15)29(32)33)20-26-27-22(28(20)4)34-12-17(30)24-19-14(3)7-6-10-23-19/h5-11,13,18H,12H2,1-4H3,(H,25,31)(H,23,24,30)/t18-/m0/s1. The highest BCUT2D eigenvalue weighted by molar-refractivity contribution is 7.99. The molecule has 1 aromatic carbocycles. The lowest BCUT2D eigenvalue weighted by atomic mass is 10.0. The number of benzene rings is 1. The molecule has 0 saturated heterocycles. The van der Waals surface area contributed by atoms with Gasteiger partial charge in [0.15, 0.2) is 11.0 Å². The Morgan fingerprint density at radius 2 is 1.97 bits per heavy atom. The summed E-state index contributed by atoms with van der Waals surface area (Å²) in [6.45, 7) is 5.70. The first-order valence-corrected chi connectivity index (χ1v) is 11.4. The second-order valence-electron chi connectivity index (χ2n) is 7.91. The summed E-state index contributed by atoms with van der Waals surface area (Å²) >= 11 is 1.21. The molecule has 0 saturated carbocycles. The van der Waals surface area contributed by atoms with Crippen LogP contribution in [0.15, 0.2) is 47.8 Å². The number of nitro groups is 1. The van der Waals surface area contributed by atoms with Gasteiger partial charge in [-0.1, -0.05) is 37.7 Å². The molecule has 34 heavy (non-hydrogen) atoms. The Morgan fingerprint density at radius 1 is 1.21 bits per heavy atom. The van der Waals surface area contributed by atoms with Crippen molar-refractivity contribution in [2.24, 2.45) is 13.0 Å². The average Bonchev–Trinajstić information content (AvgIpc) is 3.17. The summed E-state index contributed by atoms with van der Waals surface area (Å²) in [7, 11) is 1.76. The lowest BCUT2D eigenvalue weighted by Gasteiger charge is -2.21. The third-order valence-corrected chi connectivity index (χ3v) is 6.04. The third-order valence-electron chi connectivity index (χ3n) is 5.02. The number of thioether (sulfide) groups is 1. The van der Waals surface area contributed by atoms with Gasteiger partial charge in [0.05, 0.1) is 16.7 Å². The molecule has 11 nitrogen and oxygen atoms in total. The number of anilines is 1. The van der Waals surface area contributed by atoms with Gasteiger partial charge in [-0.2, -0.15) is 0 Å². The van der Waals surface area contributed by atoms with Gasteiger partial charge >= 0.3 is 0 Å². The smallest absolute Gasteiger partial charge is 0.270 e. The molecule has 0 bridgehead atoms. The zero-order valence-electron chi connectivity index (χ0n) is 19.2. The molecular weight excluding hydrogens is 458 g/mol. The largest absolute Gasteiger partial charge is 0.342 e. The molecule has 2 N–H and O–H groups in total. The number of hydrogen-bond donors (Lipinski definition) is 2. The fraction of sp³-hybridized carbons (Fsp3) is 0.318. The van der Waals surface area contributed by atoms with Crippen molar-refractivity contribution < 1.29 is 14.5 Å². The van der Waals surface area contributed by atoms with E-state index in [1.165, 1.54) is 36.0 Å². The van der Waals surface area contributed by atoms with Gasteiger partial charge < -0.3 is 15.2 Å². The Labute approximate surface area is 200 Å². The van der Waals surface area contributed by atoms with Crippen molar-refractivity contribution in [2.75, 3.05) is 11.1 Å². The molecule has 0 spiro atoms. The van der Waals surface area contributed by atoms with Gasteiger partial charge in [0.2, 0.25) is 5.91 Å². The van der Waals surface area contributed by atoms with Crippen LogP contribution in [0.1, 0.15) is 41.6 Å². The topological polar surface area (TPSA) is 145 Å². The molecule has 0 aliphatic heterocycles. The number of carbonyl (C=O) groups is 2. The normalized spacial score (nSPS) is 11.8. The number of rotatable bonds is 9. The number of nitrogens with zero attached hydrogens (tertiary/aromatic N) is 5. The number of aryl methyl sites for hydroxylation is 1. The molecule has 12 heteroatoms. The maximum absolute atomic E-state index is 12.8. The maximum Gasteiger partial charge on any atom is 0.270 e. The van der Waals surface area contributed by atoms with E-state index in [0.29, 0.717) is 16.8 Å². The van der Waals surface area contributed by atoms with Crippen molar-refractivity contribution >= 4 is 35.1 Å². The molecule has 0 unspecified atom stereocenters. The van der Waals surface area contributed by atoms with Gasteiger partial charge in [0.25, 0.3) is 11.6 Å². The summed E-state index contributed by atoms with van der Waals surface area (Å²) in [4.78, 5) is 39.8. The third kappa shape index (κ3) is 5.95. The molecule has 2 aromatic heterocycles. The van der Waals surface area contributed by atoms with E-state index in [0.717, 1.165) is 5.56 Å². The lowest BCUT2D eigenvalue weighted by molar-refractivity contribution is -0.384. The predicted octanol–water partition coefficient (Wildman–Crippen LogP) is 3.28. The van der Waals surface area contributed by atoms with E-state index < -0.39 is 16.9 Å². The van der Waals surface area contributed by atoms with Crippen molar-refractivity contribution in [2.45, 2.75) is 32.0 Å². The number of non-ortho nitro benzene ring substituents is 1. The molecule has 0 fully saturated rings. The highest BCUT2D eigenvalue weighted by Crippen LogP contribution is 2.25. The monoisotopic (exact) mass is 483 g/mol. The summed E-state index contributed by atoms with van der Waals surface area (Å²) in [5.74, 6) is 0.404. The summed E-state index contributed by atoms with van der Waals surface area (Å²) in [5, 5.41) is 25.6.